The summed E-state index contributed by atoms with van der Waals surface area (Å²) in [4.78, 5) is 151. The Morgan fingerprint density at radius 2 is 0.723 bits per heavy atom. The summed E-state index contributed by atoms with van der Waals surface area (Å²) in [5.74, 6) is -4.81. The van der Waals surface area contributed by atoms with Crippen molar-refractivity contribution >= 4 is 94.9 Å². The predicted molar refractivity (Wildman–Crippen MR) is 481 cm³/mol. The molecule has 0 unspecified atom stereocenters. The monoisotopic (exact) mass is 1800 g/mol. The number of rotatable bonds is 32. The molecule has 0 bridgehead atoms. The maximum atomic E-state index is 13.7. The molecule has 14 aromatic rings. The Kier molecular flexibility index (Phi) is 32.4. The highest BCUT2D eigenvalue weighted by Gasteiger charge is 2.50. The van der Waals surface area contributed by atoms with Crippen LogP contribution in [0.1, 0.15) is 136 Å². The third-order valence-corrected chi connectivity index (χ3v) is 21.0. The topological polar surface area (TPSA) is 401 Å². The van der Waals surface area contributed by atoms with E-state index in [9.17, 15) is 60.3 Å². The fourth-order valence-electron chi connectivity index (χ4n) is 13.5. The Labute approximate surface area is 743 Å². The largest absolute Gasteiger partial charge is 0.534 e. The molecule has 0 spiro atoms. The maximum Gasteiger partial charge on any atom is 0.534 e. The molecule has 0 atom stereocenters. The molecule has 3 N–H and O–H groups in total. The van der Waals surface area contributed by atoms with Crippen molar-refractivity contribution in [2.45, 2.75) is 121 Å². The van der Waals surface area contributed by atoms with E-state index < -0.39 is 83.9 Å². The van der Waals surface area contributed by atoms with Gasteiger partial charge in [0.2, 0.25) is 0 Å². The zero-order valence-electron chi connectivity index (χ0n) is 72.9. The van der Waals surface area contributed by atoms with Crippen molar-refractivity contribution in [3.05, 3.63) is 315 Å². The van der Waals surface area contributed by atoms with E-state index >= 15 is 0 Å². The lowest BCUT2D eigenvalue weighted by molar-refractivity contribution is -0.0500. The second kappa shape index (κ2) is 44.2. The number of hydrogen-bond acceptors (Lipinski definition) is 30. The minimum Gasteiger partial charge on any atom is -0.506 e. The molecule has 34 nitrogen and oxygen atoms in total. The highest BCUT2D eigenvalue weighted by atomic mass is 32.2. The van der Waals surface area contributed by atoms with Crippen molar-refractivity contribution in [2.24, 2.45) is 0 Å². The number of pyridine rings is 4. The van der Waals surface area contributed by atoms with Gasteiger partial charge in [0.25, 0.3) is 5.56 Å². The van der Waals surface area contributed by atoms with Crippen LogP contribution in [0.5, 0.6) is 11.5 Å². The van der Waals surface area contributed by atoms with E-state index in [-0.39, 0.29) is 79.7 Å². The first-order valence-electron chi connectivity index (χ1n) is 41.2. The molecule has 0 fully saturated rings. The molecule has 0 saturated carbocycles. The molecule has 8 aromatic heterocycles. The number of anilines is 4. The van der Waals surface area contributed by atoms with E-state index in [1.54, 1.807) is 64.1 Å². The fourth-order valence-corrected chi connectivity index (χ4v) is 14.0. The standard InChI is InChI=1S/C29H33N5O4.C26H29N5O2.C19H16F3N3O7S.C18H17N3O5/c1-5-33(6-2)23-15-13-21(14-16-23)17-30-26-24-20(4)31-19-32-27(24)34(28(35)25(26)29(36)37-7-3)38-18-22-11-9-8-10-12-22;1-4-30(5-2)22-13-11-20(12-14-22)16-27-23-15-24(32)31(26-25(23)19(3)28-18-29-26)33-17-21-9-7-6-8-10-21;1-3-30-18(27)14-15(32-33(28,29)19(20,21)22)13-11(2)23-10-24-16(13)25(17(14)26)31-9-12-7-5-4-6-8-12;1-3-25-18(24)14-15(22)13-11(2)19-10-20-16(13)21(17(14)23)26-9-12-7-5-4-6-8-12/h8-16,19,30H,5-7,17-18H2,1-4H3;6-15,18,27H,4-5,16-17H2,1-3H3;4-8,10H,3,9H2,1-2H3;4-8,10,22H,3,9H2,1-2H3. The summed E-state index contributed by atoms with van der Waals surface area (Å²) in [7, 11) is -6.27. The number of hydrogen-bond donors (Lipinski definition) is 3. The number of alkyl halides is 3. The number of aromatic hydroxyl groups is 1. The van der Waals surface area contributed by atoms with Gasteiger partial charge in [-0.25, -0.2) is 54.3 Å². The fraction of sp³-hybridized carbons (Fsp3) is 0.272. The van der Waals surface area contributed by atoms with Gasteiger partial charge in [-0.05, 0) is 134 Å². The molecule has 0 radical (unpaired) electrons. The van der Waals surface area contributed by atoms with Gasteiger partial charge >= 0.3 is 50.2 Å². The number of nitrogens with one attached hydrogen (secondary N) is 2. The molecule has 130 heavy (non-hydrogen) atoms. The van der Waals surface area contributed by atoms with Crippen molar-refractivity contribution in [3.8, 4) is 11.5 Å². The summed E-state index contributed by atoms with van der Waals surface area (Å²) < 4.78 is 85.5. The van der Waals surface area contributed by atoms with Crippen LogP contribution >= 0.6 is 0 Å². The molecule has 14 rings (SSSR count). The molecular weight excluding hydrogens is 1710 g/mol. The number of aromatic nitrogens is 12. The summed E-state index contributed by atoms with van der Waals surface area (Å²) >= 11 is 0. The molecule has 0 amide bonds. The number of carbonyl (C=O) groups excluding carboxylic acids is 3. The van der Waals surface area contributed by atoms with Crippen LogP contribution in [-0.4, -0.2) is 142 Å². The van der Waals surface area contributed by atoms with E-state index in [0.717, 1.165) is 86.6 Å². The number of halogens is 3. The number of nitrogens with zero attached hydrogens (tertiary/aromatic N) is 14. The Morgan fingerprint density at radius 1 is 0.400 bits per heavy atom. The van der Waals surface area contributed by atoms with Crippen LogP contribution in [0, 0.1) is 27.7 Å². The number of benzene rings is 6. The molecule has 0 aliphatic heterocycles. The lowest BCUT2D eigenvalue weighted by Crippen LogP contribution is -2.35. The number of carbonyl (C=O) groups is 3. The first-order chi connectivity index (χ1) is 62.6. The molecule has 8 heterocycles. The van der Waals surface area contributed by atoms with Gasteiger partial charge in [0, 0.05) is 56.7 Å². The highest BCUT2D eigenvalue weighted by molar-refractivity contribution is 7.88. The summed E-state index contributed by atoms with van der Waals surface area (Å²) in [6, 6.07) is 55.1. The first-order valence-corrected chi connectivity index (χ1v) is 42.6. The SMILES string of the molecule is CCN(CC)c1ccc(CNc2cc(=O)n(OCc3ccccc3)c3ncnc(C)c23)cc1.CCOC(=O)c1c(NCc2ccc(N(CC)CC)cc2)c2c(C)ncnc2n(OCc2ccccc2)c1=O.CCOC(=O)c1c(O)c2c(C)ncnc2n(OCc2ccccc2)c1=O.CCOC(=O)c1c(OS(=O)(=O)C(F)(F)F)c2c(C)ncnc2n(OCc2ccccc2)c1=O. The molecular formula is C92H95F3N16O18S. The average molecular weight is 1800 g/mol. The minimum atomic E-state index is -6.27. The van der Waals surface area contributed by atoms with Crippen molar-refractivity contribution < 1.29 is 78.8 Å². The number of fused-ring (bicyclic) bond motifs is 4. The van der Waals surface area contributed by atoms with Crippen LogP contribution in [0.3, 0.4) is 0 Å². The van der Waals surface area contributed by atoms with Gasteiger partial charge in [-0.1, -0.05) is 146 Å². The summed E-state index contributed by atoms with van der Waals surface area (Å²) in [5, 5.41) is 18.2. The summed E-state index contributed by atoms with van der Waals surface area (Å²) in [5.41, 5.74) is 0.0834. The Hall–Kier alpha value is -15.4. The Bertz CT molecular complexity index is 6700. The van der Waals surface area contributed by atoms with Gasteiger partial charge in [0.15, 0.2) is 45.0 Å². The third-order valence-electron chi connectivity index (χ3n) is 20.0. The van der Waals surface area contributed by atoms with Gasteiger partial charge < -0.3 is 63.3 Å². The normalized spacial score (nSPS) is 11.1. The molecule has 678 valence electrons. The van der Waals surface area contributed by atoms with Crippen molar-refractivity contribution in [1.82, 2.24) is 58.8 Å². The van der Waals surface area contributed by atoms with Crippen LogP contribution in [0.4, 0.5) is 35.9 Å². The predicted octanol–water partition coefficient (Wildman–Crippen LogP) is 12.3. The van der Waals surface area contributed by atoms with E-state index in [2.05, 4.69) is 129 Å². The smallest absolute Gasteiger partial charge is 0.506 e. The quantitative estimate of drug-likeness (QED) is 0.0153. The Morgan fingerprint density at radius 3 is 1.12 bits per heavy atom. The zero-order valence-corrected chi connectivity index (χ0v) is 73.8. The van der Waals surface area contributed by atoms with Crippen LogP contribution < -0.4 is 66.2 Å². The van der Waals surface area contributed by atoms with Crippen LogP contribution in [0.15, 0.2) is 220 Å². The molecule has 0 aliphatic rings. The second-order valence-electron chi connectivity index (χ2n) is 28.4. The number of esters is 3. The molecule has 0 saturated heterocycles. The molecule has 0 aliphatic carbocycles. The third kappa shape index (κ3) is 22.5. The van der Waals surface area contributed by atoms with E-state index in [1.807, 2.05) is 110 Å². The molecule has 6 aromatic carbocycles. The van der Waals surface area contributed by atoms with Gasteiger partial charge in [0.1, 0.15) is 57.5 Å². The summed E-state index contributed by atoms with van der Waals surface area (Å²) in [6.07, 6.45) is 5.06. The lowest BCUT2D eigenvalue weighted by atomic mass is 10.1. The van der Waals surface area contributed by atoms with E-state index in [0.29, 0.717) is 57.2 Å². The van der Waals surface area contributed by atoms with E-state index in [1.165, 1.54) is 43.2 Å². The maximum absolute atomic E-state index is 13.7. The second-order valence-corrected chi connectivity index (χ2v) is 29.9. The highest BCUT2D eigenvalue weighted by Crippen LogP contribution is 2.36. The van der Waals surface area contributed by atoms with Crippen LogP contribution in [0.2, 0.25) is 0 Å². The van der Waals surface area contributed by atoms with Crippen molar-refractivity contribution in [1.29, 1.82) is 0 Å². The number of aryl methyl sites for hydroxylation is 4. The van der Waals surface area contributed by atoms with Gasteiger partial charge in [-0.2, -0.15) is 21.6 Å². The minimum absolute atomic E-state index is 0.0604. The van der Waals surface area contributed by atoms with Gasteiger partial charge in [-0.15, -0.1) is 18.9 Å². The number of ether oxygens (including phenoxy) is 3. The van der Waals surface area contributed by atoms with Gasteiger partial charge in [0.05, 0.1) is 75.5 Å². The Balaban J connectivity index is 0.000000169. The first kappa shape index (κ1) is 95.3. The van der Waals surface area contributed by atoms with E-state index in [4.69, 9.17) is 33.6 Å². The van der Waals surface area contributed by atoms with Gasteiger partial charge in [-0.3, -0.25) is 19.2 Å². The summed E-state index contributed by atoms with van der Waals surface area (Å²) in [6.45, 7) is 24.8. The van der Waals surface area contributed by atoms with Crippen molar-refractivity contribution in [2.75, 3.05) is 66.4 Å². The average Bonchev–Trinajstić information content (AvgIpc) is 0.746. The van der Waals surface area contributed by atoms with Crippen LogP contribution in [0.25, 0.3) is 44.1 Å². The van der Waals surface area contributed by atoms with Crippen LogP contribution in [-0.2, 0) is 63.8 Å². The zero-order chi connectivity index (χ0) is 93.3. The lowest BCUT2D eigenvalue weighted by Gasteiger charge is -2.21. The van der Waals surface area contributed by atoms with Crippen molar-refractivity contribution in [3.63, 3.8) is 0 Å². The molecule has 38 heteroatoms.